The molecule has 0 aliphatic rings. The van der Waals surface area contributed by atoms with Gasteiger partial charge in [0.1, 0.15) is 5.82 Å². The number of rotatable bonds is 6. The van der Waals surface area contributed by atoms with E-state index in [0.717, 1.165) is 25.1 Å². The van der Waals surface area contributed by atoms with Crippen LogP contribution in [0, 0.1) is 5.82 Å². The molecule has 0 aliphatic heterocycles. The van der Waals surface area contributed by atoms with Crippen LogP contribution in [-0.4, -0.2) is 21.1 Å². The summed E-state index contributed by atoms with van der Waals surface area (Å²) in [4.78, 5) is 7.83. The van der Waals surface area contributed by atoms with E-state index < -0.39 is 0 Å². The molecular formula is C13H17FN4. The average molecular weight is 248 g/mol. The average Bonchev–Trinajstić information content (AvgIpc) is 2.87. The highest BCUT2D eigenvalue weighted by Crippen LogP contribution is 2.11. The van der Waals surface area contributed by atoms with Crippen LogP contribution in [0.1, 0.15) is 24.9 Å². The normalized spacial score (nSPS) is 12.6. The van der Waals surface area contributed by atoms with Crippen molar-refractivity contribution in [2.24, 2.45) is 0 Å². The first-order valence-corrected chi connectivity index (χ1v) is 6.05. The first-order valence-electron chi connectivity index (χ1n) is 6.05. The van der Waals surface area contributed by atoms with Gasteiger partial charge in [0.25, 0.3) is 0 Å². The smallest absolute Gasteiger partial charge is 0.141 e. The Bertz CT molecular complexity index is 470. The number of halogens is 1. The van der Waals surface area contributed by atoms with Crippen molar-refractivity contribution in [3.8, 4) is 0 Å². The summed E-state index contributed by atoms with van der Waals surface area (Å²) >= 11 is 0. The third kappa shape index (κ3) is 3.63. The SMILES string of the molecule is CC(NCCCn1ccnc1)c1cncc(F)c1. The maximum atomic E-state index is 13.0. The minimum atomic E-state index is -0.292. The van der Waals surface area contributed by atoms with Crippen LogP contribution < -0.4 is 5.32 Å². The van der Waals surface area contributed by atoms with Crippen LogP contribution in [0.5, 0.6) is 0 Å². The zero-order valence-corrected chi connectivity index (χ0v) is 10.4. The first-order chi connectivity index (χ1) is 8.75. The third-order valence-corrected chi connectivity index (χ3v) is 2.83. The van der Waals surface area contributed by atoms with Gasteiger partial charge in [0.15, 0.2) is 0 Å². The fraction of sp³-hybridized carbons (Fsp3) is 0.385. The molecule has 2 aromatic rings. The number of hydrogen-bond donors (Lipinski definition) is 1. The zero-order valence-electron chi connectivity index (χ0n) is 10.4. The summed E-state index contributed by atoms with van der Waals surface area (Å²) in [6.45, 7) is 3.81. The highest BCUT2D eigenvalue weighted by molar-refractivity contribution is 5.14. The molecule has 1 N–H and O–H groups in total. The molecular weight excluding hydrogens is 231 g/mol. The predicted molar refractivity (Wildman–Crippen MR) is 67.5 cm³/mol. The van der Waals surface area contributed by atoms with Crippen LogP contribution in [0.25, 0.3) is 0 Å². The van der Waals surface area contributed by atoms with Gasteiger partial charge in [-0.15, -0.1) is 0 Å². The zero-order chi connectivity index (χ0) is 12.8. The van der Waals surface area contributed by atoms with Gasteiger partial charge >= 0.3 is 0 Å². The van der Waals surface area contributed by atoms with Gasteiger partial charge < -0.3 is 9.88 Å². The molecule has 0 radical (unpaired) electrons. The molecule has 1 atom stereocenters. The highest BCUT2D eigenvalue weighted by atomic mass is 19.1. The van der Waals surface area contributed by atoms with E-state index >= 15 is 0 Å². The molecule has 5 heteroatoms. The number of pyridine rings is 1. The van der Waals surface area contributed by atoms with Crippen LogP contribution in [0.3, 0.4) is 0 Å². The van der Waals surface area contributed by atoms with Gasteiger partial charge in [-0.3, -0.25) is 4.98 Å². The number of aryl methyl sites for hydroxylation is 1. The van der Waals surface area contributed by atoms with Crippen molar-refractivity contribution in [2.45, 2.75) is 25.9 Å². The van der Waals surface area contributed by atoms with Gasteiger partial charge in [0, 0.05) is 31.2 Å². The molecule has 2 aromatic heterocycles. The summed E-state index contributed by atoms with van der Waals surface area (Å²) in [5.74, 6) is -0.292. The molecule has 4 nitrogen and oxygen atoms in total. The molecule has 0 aromatic carbocycles. The summed E-state index contributed by atoms with van der Waals surface area (Å²) in [5, 5.41) is 3.35. The van der Waals surface area contributed by atoms with E-state index in [1.165, 1.54) is 12.3 Å². The third-order valence-electron chi connectivity index (χ3n) is 2.83. The van der Waals surface area contributed by atoms with Crippen LogP contribution in [-0.2, 0) is 6.54 Å². The van der Waals surface area contributed by atoms with Gasteiger partial charge in [0.2, 0.25) is 0 Å². The molecule has 0 amide bonds. The Hall–Kier alpha value is -1.75. The number of imidazole rings is 1. The van der Waals surface area contributed by atoms with Crippen molar-refractivity contribution in [1.29, 1.82) is 0 Å². The van der Waals surface area contributed by atoms with E-state index in [0.29, 0.717) is 0 Å². The molecule has 18 heavy (non-hydrogen) atoms. The van der Waals surface area contributed by atoms with Gasteiger partial charge in [0.05, 0.1) is 12.5 Å². The fourth-order valence-electron chi connectivity index (χ4n) is 1.78. The summed E-state index contributed by atoms with van der Waals surface area (Å²) in [5.41, 5.74) is 0.873. The van der Waals surface area contributed by atoms with Crippen molar-refractivity contribution in [2.75, 3.05) is 6.54 Å². The monoisotopic (exact) mass is 248 g/mol. The van der Waals surface area contributed by atoms with Crippen LogP contribution >= 0.6 is 0 Å². The molecule has 0 aliphatic carbocycles. The lowest BCUT2D eigenvalue weighted by atomic mass is 10.1. The molecule has 1 unspecified atom stereocenters. The van der Waals surface area contributed by atoms with Crippen molar-refractivity contribution in [1.82, 2.24) is 19.9 Å². The molecule has 0 bridgehead atoms. The highest BCUT2D eigenvalue weighted by Gasteiger charge is 2.05. The topological polar surface area (TPSA) is 42.7 Å². The predicted octanol–water partition coefficient (Wildman–Crippen LogP) is 2.16. The lowest BCUT2D eigenvalue weighted by Gasteiger charge is -2.13. The second kappa shape index (κ2) is 6.26. The molecule has 2 rings (SSSR count). The van der Waals surface area contributed by atoms with Crippen molar-refractivity contribution in [3.05, 3.63) is 48.6 Å². The molecule has 96 valence electrons. The summed E-state index contributed by atoms with van der Waals surface area (Å²) in [7, 11) is 0. The van der Waals surface area contributed by atoms with E-state index in [-0.39, 0.29) is 11.9 Å². The minimum absolute atomic E-state index is 0.107. The van der Waals surface area contributed by atoms with Gasteiger partial charge in [-0.25, -0.2) is 9.37 Å². The lowest BCUT2D eigenvalue weighted by Crippen LogP contribution is -2.21. The maximum Gasteiger partial charge on any atom is 0.141 e. The fourth-order valence-corrected chi connectivity index (χ4v) is 1.78. The van der Waals surface area contributed by atoms with Crippen molar-refractivity contribution < 1.29 is 4.39 Å². The van der Waals surface area contributed by atoms with Gasteiger partial charge in [-0.05, 0) is 31.5 Å². The van der Waals surface area contributed by atoms with Crippen LogP contribution in [0.2, 0.25) is 0 Å². The Balaban J connectivity index is 1.73. The van der Waals surface area contributed by atoms with E-state index in [4.69, 9.17) is 0 Å². The summed E-state index contributed by atoms with van der Waals surface area (Å²) in [6, 6.07) is 1.62. The molecule has 0 fully saturated rings. The number of hydrogen-bond acceptors (Lipinski definition) is 3. The molecule has 0 saturated carbocycles. The van der Waals surface area contributed by atoms with Crippen molar-refractivity contribution in [3.63, 3.8) is 0 Å². The maximum absolute atomic E-state index is 13.0. The summed E-state index contributed by atoms with van der Waals surface area (Å²) < 4.78 is 15.0. The van der Waals surface area contributed by atoms with E-state index in [1.807, 2.05) is 17.7 Å². The molecule has 0 spiro atoms. The number of aromatic nitrogens is 3. The molecule has 2 heterocycles. The van der Waals surface area contributed by atoms with E-state index in [2.05, 4.69) is 15.3 Å². The Morgan fingerprint density at radius 2 is 2.28 bits per heavy atom. The van der Waals surface area contributed by atoms with Crippen LogP contribution in [0.15, 0.2) is 37.2 Å². The Labute approximate surface area is 106 Å². The standard InChI is InChI=1S/C13H17FN4/c1-11(12-7-13(14)9-16-8-12)17-3-2-5-18-6-4-15-10-18/h4,6-11,17H,2-3,5H2,1H3. The van der Waals surface area contributed by atoms with Crippen molar-refractivity contribution >= 4 is 0 Å². The minimum Gasteiger partial charge on any atom is -0.337 e. The number of nitrogens with zero attached hydrogens (tertiary/aromatic N) is 3. The van der Waals surface area contributed by atoms with E-state index in [1.54, 1.807) is 18.7 Å². The van der Waals surface area contributed by atoms with Crippen LogP contribution in [0.4, 0.5) is 4.39 Å². The lowest BCUT2D eigenvalue weighted by molar-refractivity contribution is 0.521. The van der Waals surface area contributed by atoms with E-state index in [9.17, 15) is 4.39 Å². The first kappa shape index (κ1) is 12.7. The quantitative estimate of drug-likeness (QED) is 0.797. The second-order valence-corrected chi connectivity index (χ2v) is 4.27. The Morgan fingerprint density at radius 1 is 1.39 bits per heavy atom. The second-order valence-electron chi connectivity index (χ2n) is 4.27. The molecule has 0 saturated heterocycles. The largest absolute Gasteiger partial charge is 0.337 e. The van der Waals surface area contributed by atoms with Gasteiger partial charge in [-0.1, -0.05) is 0 Å². The van der Waals surface area contributed by atoms with Gasteiger partial charge in [-0.2, -0.15) is 0 Å². The number of nitrogens with one attached hydrogen (secondary N) is 1. The Kier molecular flexibility index (Phi) is 4.41. The summed E-state index contributed by atoms with van der Waals surface area (Å²) in [6.07, 6.45) is 9.43. The Morgan fingerprint density at radius 3 is 3.00 bits per heavy atom.